The first-order chi connectivity index (χ1) is 9.63. The molecule has 1 heterocycles. The number of nitrogens with two attached hydrogens (primary N) is 1. The highest BCUT2D eigenvalue weighted by atomic mass is 15.1. The van der Waals surface area contributed by atoms with Gasteiger partial charge in [-0.3, -0.25) is 0 Å². The lowest BCUT2D eigenvalue weighted by atomic mass is 9.83. The third-order valence-electron chi connectivity index (χ3n) is 3.92. The van der Waals surface area contributed by atoms with Gasteiger partial charge in [0.1, 0.15) is 11.6 Å². The fourth-order valence-corrected chi connectivity index (χ4v) is 2.79. The minimum absolute atomic E-state index is 0.273. The van der Waals surface area contributed by atoms with Crippen molar-refractivity contribution >= 4 is 5.95 Å². The highest BCUT2D eigenvalue weighted by molar-refractivity contribution is 5.32. The maximum atomic E-state index is 5.84. The van der Waals surface area contributed by atoms with E-state index in [0.29, 0.717) is 11.9 Å². The molecule has 0 spiro atoms. The van der Waals surface area contributed by atoms with Gasteiger partial charge in [0, 0.05) is 11.8 Å². The standard InChI is InChI=1S/C16H20N4/c1-10(2)14-18-15(20-16(17)19-14)13-8-7-11-5-3-4-6-12(11)9-13/h3-6,10,13H,7-9H2,1-2H3,(H2,17,18,19,20). The molecule has 3 rings (SSSR count). The van der Waals surface area contributed by atoms with Crippen molar-refractivity contribution in [1.82, 2.24) is 15.0 Å². The van der Waals surface area contributed by atoms with Gasteiger partial charge in [0.05, 0.1) is 0 Å². The first kappa shape index (κ1) is 13.0. The topological polar surface area (TPSA) is 64.7 Å². The van der Waals surface area contributed by atoms with E-state index in [1.54, 1.807) is 0 Å². The van der Waals surface area contributed by atoms with Crippen molar-refractivity contribution in [3.63, 3.8) is 0 Å². The van der Waals surface area contributed by atoms with Crippen molar-refractivity contribution < 1.29 is 0 Å². The maximum Gasteiger partial charge on any atom is 0.223 e. The zero-order valence-corrected chi connectivity index (χ0v) is 12.0. The fourth-order valence-electron chi connectivity index (χ4n) is 2.79. The molecule has 0 saturated heterocycles. The van der Waals surface area contributed by atoms with Gasteiger partial charge in [-0.1, -0.05) is 38.1 Å². The number of rotatable bonds is 2. The zero-order chi connectivity index (χ0) is 14.1. The van der Waals surface area contributed by atoms with Crippen LogP contribution in [0.25, 0.3) is 0 Å². The van der Waals surface area contributed by atoms with Gasteiger partial charge in [0.2, 0.25) is 5.95 Å². The largest absolute Gasteiger partial charge is 0.368 e. The maximum absolute atomic E-state index is 5.84. The minimum atomic E-state index is 0.273. The van der Waals surface area contributed by atoms with Crippen LogP contribution in [0.3, 0.4) is 0 Å². The monoisotopic (exact) mass is 268 g/mol. The molecule has 1 atom stereocenters. The molecule has 1 aliphatic rings. The number of aryl methyl sites for hydroxylation is 1. The summed E-state index contributed by atoms with van der Waals surface area (Å²) in [6.07, 6.45) is 3.17. The summed E-state index contributed by atoms with van der Waals surface area (Å²) in [6, 6.07) is 8.63. The van der Waals surface area contributed by atoms with E-state index in [0.717, 1.165) is 30.9 Å². The summed E-state index contributed by atoms with van der Waals surface area (Å²) >= 11 is 0. The Hall–Kier alpha value is -1.97. The summed E-state index contributed by atoms with van der Waals surface area (Å²) < 4.78 is 0. The molecular formula is C16H20N4. The Morgan fingerprint density at radius 2 is 1.85 bits per heavy atom. The Kier molecular flexibility index (Phi) is 3.38. The summed E-state index contributed by atoms with van der Waals surface area (Å²) in [5.41, 5.74) is 8.70. The van der Waals surface area contributed by atoms with Gasteiger partial charge in [-0.2, -0.15) is 9.97 Å². The summed E-state index contributed by atoms with van der Waals surface area (Å²) in [5.74, 6) is 2.63. The molecule has 2 N–H and O–H groups in total. The van der Waals surface area contributed by atoms with Gasteiger partial charge in [-0.15, -0.1) is 0 Å². The Labute approximate surface area is 119 Å². The number of nitrogen functional groups attached to an aromatic ring is 1. The Bertz CT molecular complexity index is 622. The molecular weight excluding hydrogens is 248 g/mol. The van der Waals surface area contributed by atoms with Crippen LogP contribution in [0.5, 0.6) is 0 Å². The van der Waals surface area contributed by atoms with E-state index in [-0.39, 0.29) is 5.92 Å². The minimum Gasteiger partial charge on any atom is -0.368 e. The summed E-state index contributed by atoms with van der Waals surface area (Å²) in [4.78, 5) is 13.2. The van der Waals surface area contributed by atoms with E-state index in [2.05, 4.69) is 53.1 Å². The van der Waals surface area contributed by atoms with Crippen LogP contribution in [0.15, 0.2) is 24.3 Å². The lowest BCUT2D eigenvalue weighted by Crippen LogP contribution is -2.18. The SMILES string of the molecule is CC(C)c1nc(N)nc(C2CCc3ccccc3C2)n1. The van der Waals surface area contributed by atoms with Crippen LogP contribution < -0.4 is 5.73 Å². The van der Waals surface area contributed by atoms with E-state index < -0.39 is 0 Å². The van der Waals surface area contributed by atoms with Crippen LogP contribution >= 0.6 is 0 Å². The quantitative estimate of drug-likeness (QED) is 0.909. The fraction of sp³-hybridized carbons (Fsp3) is 0.438. The predicted molar refractivity (Wildman–Crippen MR) is 79.5 cm³/mol. The number of nitrogens with zero attached hydrogens (tertiary/aromatic N) is 3. The van der Waals surface area contributed by atoms with Gasteiger partial charge in [0.25, 0.3) is 0 Å². The van der Waals surface area contributed by atoms with Crippen LogP contribution in [-0.2, 0) is 12.8 Å². The first-order valence-electron chi connectivity index (χ1n) is 7.21. The molecule has 1 aromatic carbocycles. The molecule has 0 fully saturated rings. The molecule has 20 heavy (non-hydrogen) atoms. The first-order valence-corrected chi connectivity index (χ1v) is 7.21. The van der Waals surface area contributed by atoms with Gasteiger partial charge in [-0.05, 0) is 30.4 Å². The predicted octanol–water partition coefficient (Wildman–Crippen LogP) is 2.85. The number of hydrogen-bond donors (Lipinski definition) is 1. The summed E-state index contributed by atoms with van der Waals surface area (Å²) in [6.45, 7) is 4.16. The third kappa shape index (κ3) is 2.50. The van der Waals surface area contributed by atoms with E-state index in [1.165, 1.54) is 11.1 Å². The second kappa shape index (κ2) is 5.19. The smallest absolute Gasteiger partial charge is 0.223 e. The lowest BCUT2D eigenvalue weighted by Gasteiger charge is -2.23. The molecule has 1 unspecified atom stereocenters. The zero-order valence-electron chi connectivity index (χ0n) is 12.0. The van der Waals surface area contributed by atoms with Crippen molar-refractivity contribution in [2.24, 2.45) is 0 Å². The second-order valence-corrected chi connectivity index (χ2v) is 5.77. The van der Waals surface area contributed by atoms with Gasteiger partial charge < -0.3 is 5.73 Å². The van der Waals surface area contributed by atoms with E-state index in [1.807, 2.05) is 0 Å². The molecule has 0 saturated carbocycles. The number of hydrogen-bond acceptors (Lipinski definition) is 4. The van der Waals surface area contributed by atoms with Crippen molar-refractivity contribution in [1.29, 1.82) is 0 Å². The average Bonchev–Trinajstić information content (AvgIpc) is 2.46. The molecule has 0 radical (unpaired) electrons. The van der Waals surface area contributed by atoms with Gasteiger partial charge >= 0.3 is 0 Å². The lowest BCUT2D eigenvalue weighted by molar-refractivity contribution is 0.546. The highest BCUT2D eigenvalue weighted by Crippen LogP contribution is 2.31. The van der Waals surface area contributed by atoms with Crippen molar-refractivity contribution in [2.75, 3.05) is 5.73 Å². The number of benzene rings is 1. The van der Waals surface area contributed by atoms with Crippen LogP contribution in [0, 0.1) is 0 Å². The molecule has 4 heteroatoms. The van der Waals surface area contributed by atoms with Crippen LogP contribution in [-0.4, -0.2) is 15.0 Å². The third-order valence-corrected chi connectivity index (χ3v) is 3.92. The van der Waals surface area contributed by atoms with Crippen molar-refractivity contribution in [3.05, 3.63) is 47.0 Å². The number of fused-ring (bicyclic) bond motifs is 1. The molecule has 2 aromatic rings. The Morgan fingerprint density at radius 1 is 1.10 bits per heavy atom. The van der Waals surface area contributed by atoms with Gasteiger partial charge in [-0.25, -0.2) is 4.98 Å². The van der Waals surface area contributed by atoms with Crippen molar-refractivity contribution in [2.45, 2.75) is 44.9 Å². The average molecular weight is 268 g/mol. The normalized spacial score (nSPS) is 18.1. The van der Waals surface area contributed by atoms with Crippen molar-refractivity contribution in [3.8, 4) is 0 Å². The Morgan fingerprint density at radius 3 is 2.60 bits per heavy atom. The summed E-state index contributed by atoms with van der Waals surface area (Å²) in [5, 5.41) is 0. The van der Waals surface area contributed by atoms with E-state index in [9.17, 15) is 0 Å². The highest BCUT2D eigenvalue weighted by Gasteiger charge is 2.23. The Balaban J connectivity index is 1.91. The van der Waals surface area contributed by atoms with Crippen LogP contribution in [0.1, 0.15) is 54.9 Å². The number of anilines is 1. The van der Waals surface area contributed by atoms with E-state index >= 15 is 0 Å². The molecule has 1 aromatic heterocycles. The molecule has 104 valence electrons. The van der Waals surface area contributed by atoms with Gasteiger partial charge in [0.15, 0.2) is 0 Å². The molecule has 0 amide bonds. The molecule has 0 aliphatic heterocycles. The molecule has 4 nitrogen and oxygen atoms in total. The van der Waals surface area contributed by atoms with Crippen LogP contribution in [0.4, 0.5) is 5.95 Å². The number of aromatic nitrogens is 3. The van der Waals surface area contributed by atoms with E-state index in [4.69, 9.17) is 5.73 Å². The van der Waals surface area contributed by atoms with Crippen LogP contribution in [0.2, 0.25) is 0 Å². The molecule has 0 bridgehead atoms. The molecule has 1 aliphatic carbocycles. The second-order valence-electron chi connectivity index (χ2n) is 5.77. The summed E-state index contributed by atoms with van der Waals surface area (Å²) in [7, 11) is 0.